The Bertz CT molecular complexity index is 550. The fraction of sp³-hybridized carbons (Fsp3) is 0.385. The Kier molecular flexibility index (Phi) is 2.99. The van der Waals surface area contributed by atoms with Crippen molar-refractivity contribution in [1.82, 2.24) is 14.8 Å². The monoisotopic (exact) mass is 260 g/mol. The first-order chi connectivity index (χ1) is 8.77. The molecule has 94 valence electrons. The number of hydrogen-bond donors (Lipinski definition) is 1. The van der Waals surface area contributed by atoms with Crippen molar-refractivity contribution in [3.63, 3.8) is 0 Å². The number of rotatable bonds is 1. The average molecular weight is 260 g/mol. The summed E-state index contributed by atoms with van der Waals surface area (Å²) in [7, 11) is 2.00. The third-order valence-electron chi connectivity index (χ3n) is 3.20. The molecule has 0 amide bonds. The van der Waals surface area contributed by atoms with Gasteiger partial charge in [-0.25, -0.2) is 0 Å². The zero-order valence-corrected chi connectivity index (χ0v) is 11.4. The Balaban J connectivity index is 2.12. The lowest BCUT2D eigenvalue weighted by molar-refractivity contribution is 0.760. The minimum absolute atomic E-state index is 0.331. The normalized spacial score (nSPS) is 18.9. The van der Waals surface area contributed by atoms with Crippen LogP contribution in [-0.2, 0) is 7.05 Å². The summed E-state index contributed by atoms with van der Waals surface area (Å²) in [5.74, 6) is 2.24. The molecule has 0 saturated carbocycles. The number of aryl methyl sites for hydroxylation is 2. The van der Waals surface area contributed by atoms with Gasteiger partial charge in [0, 0.05) is 37.3 Å². The maximum absolute atomic E-state index is 4.53. The topological polar surface area (TPSA) is 42.7 Å². The maximum atomic E-state index is 4.53. The minimum Gasteiger partial charge on any atom is -0.369 e. The molecule has 1 aliphatic heterocycles. The highest BCUT2D eigenvalue weighted by molar-refractivity contribution is 7.99. The van der Waals surface area contributed by atoms with Gasteiger partial charge in [0.1, 0.15) is 5.82 Å². The molecule has 1 N–H and O–H groups in total. The molecule has 2 aromatic rings. The molecular formula is C13H16N4S. The van der Waals surface area contributed by atoms with Crippen LogP contribution < -0.4 is 5.32 Å². The highest BCUT2D eigenvalue weighted by atomic mass is 32.2. The molecule has 0 spiro atoms. The molecule has 5 heteroatoms. The maximum Gasteiger partial charge on any atom is 0.128 e. The van der Waals surface area contributed by atoms with E-state index in [1.165, 1.54) is 11.1 Å². The standard InChI is InChI=1S/C13H16N4S/c1-9-11-12(10-4-3-5-14-8-10)18-7-6-15-13(11)17(2)16-9/h3-5,8,12,15H,6-7H2,1-2H3. The number of aromatic nitrogens is 3. The van der Waals surface area contributed by atoms with Crippen LogP contribution >= 0.6 is 11.8 Å². The summed E-state index contributed by atoms with van der Waals surface area (Å²) in [5, 5.41) is 8.33. The molecule has 0 radical (unpaired) electrons. The molecule has 18 heavy (non-hydrogen) atoms. The van der Waals surface area contributed by atoms with Gasteiger partial charge in [-0.05, 0) is 18.6 Å². The van der Waals surface area contributed by atoms with Crippen LogP contribution in [0, 0.1) is 6.92 Å². The molecule has 0 bridgehead atoms. The molecule has 3 rings (SSSR count). The van der Waals surface area contributed by atoms with Crippen LogP contribution in [0.1, 0.15) is 22.1 Å². The summed E-state index contributed by atoms with van der Waals surface area (Å²) >= 11 is 1.95. The first kappa shape index (κ1) is 11.6. The van der Waals surface area contributed by atoms with Crippen molar-refractivity contribution in [2.75, 3.05) is 17.6 Å². The molecular weight excluding hydrogens is 244 g/mol. The summed E-state index contributed by atoms with van der Waals surface area (Å²) in [5.41, 5.74) is 3.65. The van der Waals surface area contributed by atoms with Gasteiger partial charge in [0.05, 0.1) is 10.9 Å². The van der Waals surface area contributed by atoms with Crippen LogP contribution in [0.5, 0.6) is 0 Å². The second kappa shape index (κ2) is 4.65. The van der Waals surface area contributed by atoms with Crippen molar-refractivity contribution in [2.45, 2.75) is 12.2 Å². The number of nitrogens with one attached hydrogen (secondary N) is 1. The van der Waals surface area contributed by atoms with Crippen LogP contribution in [0.4, 0.5) is 5.82 Å². The van der Waals surface area contributed by atoms with Crippen molar-refractivity contribution in [2.24, 2.45) is 7.05 Å². The van der Waals surface area contributed by atoms with E-state index in [9.17, 15) is 0 Å². The SMILES string of the molecule is Cc1nn(C)c2c1C(c1cccnc1)SCCN2. The first-order valence-electron chi connectivity index (χ1n) is 6.06. The van der Waals surface area contributed by atoms with Gasteiger partial charge in [-0.1, -0.05) is 6.07 Å². The summed E-state index contributed by atoms with van der Waals surface area (Å²) in [6.07, 6.45) is 3.78. The Morgan fingerprint density at radius 1 is 1.50 bits per heavy atom. The minimum atomic E-state index is 0.331. The first-order valence-corrected chi connectivity index (χ1v) is 7.11. The van der Waals surface area contributed by atoms with Gasteiger partial charge in [-0.3, -0.25) is 9.67 Å². The van der Waals surface area contributed by atoms with Gasteiger partial charge in [0.25, 0.3) is 0 Å². The van der Waals surface area contributed by atoms with E-state index in [4.69, 9.17) is 0 Å². The number of hydrogen-bond acceptors (Lipinski definition) is 4. The highest BCUT2D eigenvalue weighted by Crippen LogP contribution is 2.42. The Morgan fingerprint density at radius 2 is 2.39 bits per heavy atom. The Morgan fingerprint density at radius 3 is 3.17 bits per heavy atom. The molecule has 1 atom stereocenters. The highest BCUT2D eigenvalue weighted by Gasteiger charge is 2.26. The molecule has 0 aromatic carbocycles. The molecule has 0 fully saturated rings. The number of pyridine rings is 1. The Labute approximate surface area is 111 Å². The van der Waals surface area contributed by atoms with E-state index >= 15 is 0 Å². The predicted molar refractivity (Wildman–Crippen MR) is 75.0 cm³/mol. The average Bonchev–Trinajstić information content (AvgIpc) is 2.58. The number of anilines is 1. The van der Waals surface area contributed by atoms with Crippen molar-refractivity contribution in [3.05, 3.63) is 41.3 Å². The van der Waals surface area contributed by atoms with Crippen LogP contribution in [0.25, 0.3) is 0 Å². The number of nitrogens with zero attached hydrogens (tertiary/aromatic N) is 3. The van der Waals surface area contributed by atoms with Crippen molar-refractivity contribution in [3.8, 4) is 0 Å². The smallest absolute Gasteiger partial charge is 0.128 e. The van der Waals surface area contributed by atoms with Crippen molar-refractivity contribution < 1.29 is 0 Å². The van der Waals surface area contributed by atoms with Gasteiger partial charge in [0.2, 0.25) is 0 Å². The van der Waals surface area contributed by atoms with Crippen LogP contribution in [0.3, 0.4) is 0 Å². The third-order valence-corrected chi connectivity index (χ3v) is 4.48. The van der Waals surface area contributed by atoms with Gasteiger partial charge < -0.3 is 5.32 Å². The van der Waals surface area contributed by atoms with Gasteiger partial charge >= 0.3 is 0 Å². The van der Waals surface area contributed by atoms with Crippen LogP contribution in [0.2, 0.25) is 0 Å². The van der Waals surface area contributed by atoms with E-state index in [1.807, 2.05) is 42.0 Å². The largest absolute Gasteiger partial charge is 0.369 e. The van der Waals surface area contributed by atoms with E-state index in [2.05, 4.69) is 28.4 Å². The molecule has 1 aliphatic rings. The fourth-order valence-electron chi connectivity index (χ4n) is 2.42. The molecule has 0 aliphatic carbocycles. The van der Waals surface area contributed by atoms with E-state index in [1.54, 1.807) is 0 Å². The van der Waals surface area contributed by atoms with Crippen LogP contribution in [0.15, 0.2) is 24.5 Å². The van der Waals surface area contributed by atoms with E-state index in [0.717, 1.165) is 23.8 Å². The fourth-order valence-corrected chi connectivity index (χ4v) is 3.66. The van der Waals surface area contributed by atoms with E-state index in [0.29, 0.717) is 5.25 Å². The zero-order chi connectivity index (χ0) is 12.5. The van der Waals surface area contributed by atoms with E-state index in [-0.39, 0.29) is 0 Å². The summed E-state index contributed by atoms with van der Waals surface area (Å²) in [6, 6.07) is 4.14. The second-order valence-electron chi connectivity index (χ2n) is 4.44. The van der Waals surface area contributed by atoms with Crippen LogP contribution in [-0.4, -0.2) is 27.1 Å². The quantitative estimate of drug-likeness (QED) is 0.855. The number of thioether (sulfide) groups is 1. The lowest BCUT2D eigenvalue weighted by atomic mass is 10.1. The molecule has 4 nitrogen and oxygen atoms in total. The summed E-state index contributed by atoms with van der Waals surface area (Å²) in [4.78, 5) is 4.24. The third kappa shape index (κ3) is 1.88. The molecule has 1 unspecified atom stereocenters. The Hall–Kier alpha value is -1.49. The van der Waals surface area contributed by atoms with E-state index < -0.39 is 0 Å². The summed E-state index contributed by atoms with van der Waals surface area (Å²) < 4.78 is 1.94. The lowest BCUT2D eigenvalue weighted by Crippen LogP contribution is -2.06. The van der Waals surface area contributed by atoms with Gasteiger partial charge in [-0.2, -0.15) is 5.10 Å². The van der Waals surface area contributed by atoms with Gasteiger partial charge in [0.15, 0.2) is 0 Å². The second-order valence-corrected chi connectivity index (χ2v) is 5.65. The summed E-state index contributed by atoms with van der Waals surface area (Å²) in [6.45, 7) is 3.06. The molecule has 0 saturated heterocycles. The zero-order valence-electron chi connectivity index (χ0n) is 10.6. The lowest BCUT2D eigenvalue weighted by Gasteiger charge is -2.14. The molecule has 3 heterocycles. The van der Waals surface area contributed by atoms with Crippen molar-refractivity contribution >= 4 is 17.6 Å². The molecule has 2 aromatic heterocycles. The van der Waals surface area contributed by atoms with Crippen molar-refractivity contribution in [1.29, 1.82) is 0 Å². The predicted octanol–water partition coefficient (Wildman–Crippen LogP) is 2.37. The number of fused-ring (bicyclic) bond motifs is 1. The van der Waals surface area contributed by atoms with Gasteiger partial charge in [-0.15, -0.1) is 11.8 Å².